The molecule has 4 aromatic rings. The van der Waals surface area contributed by atoms with Gasteiger partial charge in [-0.15, -0.1) is 28.1 Å². The quantitative estimate of drug-likeness (QED) is 0.220. The molecule has 0 radical (unpaired) electrons. The minimum absolute atomic E-state index is 0.160. The molecule has 0 unspecified atom stereocenters. The van der Waals surface area contributed by atoms with Gasteiger partial charge in [0, 0.05) is 22.5 Å². The smallest absolute Gasteiger partial charge is 0.236 e. The highest BCUT2D eigenvalue weighted by molar-refractivity contribution is 9.10. The van der Waals surface area contributed by atoms with Crippen LogP contribution in [-0.4, -0.2) is 31.4 Å². The van der Waals surface area contributed by atoms with E-state index in [0.29, 0.717) is 38.1 Å². The van der Waals surface area contributed by atoms with Crippen LogP contribution < -0.4 is 5.32 Å². The van der Waals surface area contributed by atoms with E-state index in [1.807, 2.05) is 22.1 Å². The predicted molar refractivity (Wildman–Crippen MR) is 128 cm³/mol. The van der Waals surface area contributed by atoms with Crippen molar-refractivity contribution in [3.05, 3.63) is 64.1 Å². The van der Waals surface area contributed by atoms with Gasteiger partial charge >= 0.3 is 0 Å². The fourth-order valence-corrected chi connectivity index (χ4v) is 4.59. The Morgan fingerprint density at radius 2 is 2.10 bits per heavy atom. The summed E-state index contributed by atoms with van der Waals surface area (Å²) in [6, 6.07) is 11.0. The molecule has 1 aromatic carbocycles. The van der Waals surface area contributed by atoms with Crippen LogP contribution in [0.5, 0.6) is 0 Å². The number of furan rings is 1. The molecule has 11 heteroatoms. The van der Waals surface area contributed by atoms with E-state index in [0.717, 1.165) is 11.3 Å². The second-order valence-electron chi connectivity index (χ2n) is 6.19. The third-order valence-corrected chi connectivity index (χ3v) is 6.45. The number of carbonyl (C=O) groups excluding carboxylic acids is 1. The zero-order chi connectivity index (χ0) is 21.8. The summed E-state index contributed by atoms with van der Waals surface area (Å²) in [5.74, 6) is 1.13. The first-order chi connectivity index (χ1) is 15.0. The van der Waals surface area contributed by atoms with Crippen LogP contribution in [0.1, 0.15) is 0 Å². The second kappa shape index (κ2) is 9.82. The zero-order valence-corrected chi connectivity index (χ0v) is 19.9. The fraction of sp³-hybridized carbons (Fsp3) is 0.100. The number of rotatable bonds is 8. The van der Waals surface area contributed by atoms with E-state index in [1.165, 1.54) is 23.1 Å². The summed E-state index contributed by atoms with van der Waals surface area (Å²) < 4.78 is 8.02. The number of amides is 1. The molecule has 0 aliphatic heterocycles. The molecule has 31 heavy (non-hydrogen) atoms. The van der Waals surface area contributed by atoms with Gasteiger partial charge in [0.15, 0.2) is 20.7 Å². The lowest BCUT2D eigenvalue weighted by molar-refractivity contribution is -0.113. The van der Waals surface area contributed by atoms with E-state index in [4.69, 9.17) is 16.0 Å². The predicted octanol–water partition coefficient (Wildman–Crippen LogP) is 5.99. The summed E-state index contributed by atoms with van der Waals surface area (Å²) >= 11 is 11.9. The Labute approximate surface area is 199 Å². The Bertz CT molecular complexity index is 1220. The number of hydrogen-bond donors (Lipinski definition) is 1. The van der Waals surface area contributed by atoms with Crippen molar-refractivity contribution in [2.24, 2.45) is 0 Å². The molecule has 0 aliphatic carbocycles. The van der Waals surface area contributed by atoms with Crippen molar-refractivity contribution < 1.29 is 9.21 Å². The normalized spacial score (nSPS) is 10.9. The van der Waals surface area contributed by atoms with E-state index in [-0.39, 0.29) is 11.7 Å². The Morgan fingerprint density at radius 3 is 2.81 bits per heavy atom. The first-order valence-electron chi connectivity index (χ1n) is 8.97. The summed E-state index contributed by atoms with van der Waals surface area (Å²) in [5.41, 5.74) is 1.72. The molecule has 1 N–H and O–H groups in total. The Hall–Kier alpha value is -2.40. The molecule has 0 saturated heterocycles. The summed E-state index contributed by atoms with van der Waals surface area (Å²) in [5, 5.41) is 14.9. The Kier molecular flexibility index (Phi) is 6.91. The van der Waals surface area contributed by atoms with Crippen molar-refractivity contribution in [3.8, 4) is 22.8 Å². The van der Waals surface area contributed by atoms with Gasteiger partial charge in [-0.3, -0.25) is 9.36 Å². The van der Waals surface area contributed by atoms with Crippen molar-refractivity contribution in [3.63, 3.8) is 0 Å². The van der Waals surface area contributed by atoms with Gasteiger partial charge in [-0.1, -0.05) is 41.6 Å². The number of carbonyl (C=O) groups is 1. The molecule has 0 saturated carbocycles. The monoisotopic (exact) mass is 535 g/mol. The van der Waals surface area contributed by atoms with Gasteiger partial charge in [0.05, 0.1) is 11.4 Å². The van der Waals surface area contributed by atoms with Gasteiger partial charge < -0.3 is 9.73 Å². The van der Waals surface area contributed by atoms with Crippen molar-refractivity contribution in [2.45, 2.75) is 11.7 Å². The van der Waals surface area contributed by atoms with Crippen LogP contribution in [0.15, 0.2) is 68.7 Å². The van der Waals surface area contributed by atoms with Gasteiger partial charge in [0.2, 0.25) is 11.7 Å². The molecule has 7 nitrogen and oxygen atoms in total. The highest BCUT2D eigenvalue weighted by Gasteiger charge is 2.18. The lowest BCUT2D eigenvalue weighted by Crippen LogP contribution is -2.14. The number of allylic oxidation sites excluding steroid dienone is 1. The average molecular weight is 537 g/mol. The van der Waals surface area contributed by atoms with Crippen LogP contribution in [0.2, 0.25) is 5.02 Å². The molecule has 0 spiro atoms. The van der Waals surface area contributed by atoms with Crippen LogP contribution in [0, 0.1) is 0 Å². The largest absolute Gasteiger partial charge is 0.446 e. The number of nitrogens with zero attached hydrogens (tertiary/aromatic N) is 4. The SMILES string of the molecule is C=CCn1c(SCC(=O)Nc2nc(-c3ccc(Cl)cc3)cs2)nnc1-c1ccc(Br)o1. The van der Waals surface area contributed by atoms with Gasteiger partial charge in [0.1, 0.15) is 0 Å². The number of aromatic nitrogens is 4. The number of anilines is 1. The lowest BCUT2D eigenvalue weighted by atomic mass is 10.2. The van der Waals surface area contributed by atoms with Crippen LogP contribution >= 0.6 is 50.6 Å². The molecule has 158 valence electrons. The van der Waals surface area contributed by atoms with E-state index in [2.05, 4.69) is 43.0 Å². The van der Waals surface area contributed by atoms with E-state index >= 15 is 0 Å². The van der Waals surface area contributed by atoms with E-state index in [1.54, 1.807) is 30.3 Å². The van der Waals surface area contributed by atoms with E-state index < -0.39 is 0 Å². The number of halogens is 2. The van der Waals surface area contributed by atoms with Gasteiger partial charge in [-0.2, -0.15) is 0 Å². The Balaban J connectivity index is 1.40. The van der Waals surface area contributed by atoms with Crippen LogP contribution in [0.25, 0.3) is 22.8 Å². The molecule has 3 heterocycles. The fourth-order valence-electron chi connectivity index (χ4n) is 2.68. The summed E-state index contributed by atoms with van der Waals surface area (Å²) in [6.07, 6.45) is 1.74. The number of thiazole rings is 1. The van der Waals surface area contributed by atoms with Gasteiger partial charge in [-0.05, 0) is 40.2 Å². The van der Waals surface area contributed by atoms with E-state index in [9.17, 15) is 4.79 Å². The first kappa shape index (κ1) is 21.8. The minimum Gasteiger partial charge on any atom is -0.446 e. The molecule has 3 aromatic heterocycles. The van der Waals surface area contributed by atoms with Gasteiger partial charge in [0.25, 0.3) is 0 Å². The molecule has 0 aliphatic rings. The van der Waals surface area contributed by atoms with Gasteiger partial charge in [-0.25, -0.2) is 4.98 Å². The maximum Gasteiger partial charge on any atom is 0.236 e. The standard InChI is InChI=1S/C20H15BrClN5O2S2/c1-2-9-27-18(15-7-8-16(21)29-15)25-26-20(27)31-11-17(28)24-19-23-14(10-30-19)12-3-5-13(22)6-4-12/h2-8,10H,1,9,11H2,(H,23,24,28). The highest BCUT2D eigenvalue weighted by atomic mass is 79.9. The zero-order valence-electron chi connectivity index (χ0n) is 15.9. The van der Waals surface area contributed by atoms with Crippen molar-refractivity contribution in [2.75, 3.05) is 11.1 Å². The maximum absolute atomic E-state index is 12.4. The second-order valence-corrected chi connectivity index (χ2v) is 9.21. The number of benzene rings is 1. The third-order valence-electron chi connectivity index (χ3n) is 4.04. The first-order valence-corrected chi connectivity index (χ1v) is 12.0. The molecule has 0 bridgehead atoms. The third kappa shape index (κ3) is 5.27. The lowest BCUT2D eigenvalue weighted by Gasteiger charge is -2.06. The van der Waals surface area contributed by atoms with Crippen LogP contribution in [-0.2, 0) is 11.3 Å². The molecule has 4 rings (SSSR count). The van der Waals surface area contributed by atoms with Crippen molar-refractivity contribution >= 4 is 61.7 Å². The van der Waals surface area contributed by atoms with Crippen LogP contribution in [0.3, 0.4) is 0 Å². The number of nitrogens with one attached hydrogen (secondary N) is 1. The molecular formula is C20H15BrClN5O2S2. The minimum atomic E-state index is -0.183. The number of thioether (sulfide) groups is 1. The molecule has 1 amide bonds. The molecule has 0 fully saturated rings. The Morgan fingerprint density at radius 1 is 1.29 bits per heavy atom. The molecule has 0 atom stereocenters. The summed E-state index contributed by atoms with van der Waals surface area (Å²) in [7, 11) is 0. The number of hydrogen-bond acceptors (Lipinski definition) is 7. The highest BCUT2D eigenvalue weighted by Crippen LogP contribution is 2.28. The topological polar surface area (TPSA) is 85.8 Å². The summed E-state index contributed by atoms with van der Waals surface area (Å²) in [6.45, 7) is 4.27. The summed E-state index contributed by atoms with van der Waals surface area (Å²) in [4.78, 5) is 16.9. The van der Waals surface area contributed by atoms with Crippen molar-refractivity contribution in [1.82, 2.24) is 19.7 Å². The van der Waals surface area contributed by atoms with Crippen molar-refractivity contribution in [1.29, 1.82) is 0 Å². The average Bonchev–Trinajstić information content (AvgIpc) is 3.48. The van der Waals surface area contributed by atoms with Crippen LogP contribution in [0.4, 0.5) is 5.13 Å². The maximum atomic E-state index is 12.4. The molecular weight excluding hydrogens is 522 g/mol.